The lowest BCUT2D eigenvalue weighted by Gasteiger charge is -2.28. The van der Waals surface area contributed by atoms with Crippen LogP contribution in [0.15, 0.2) is 12.1 Å². The number of halogens is 3. The molecular formula is C21H27Cl3O4. The van der Waals surface area contributed by atoms with Crippen molar-refractivity contribution in [2.75, 3.05) is 6.61 Å². The molecule has 0 radical (unpaired) electrons. The number of unbranched alkanes of at least 4 members (excludes halogenated alkanes) is 4. The number of hydrogen-bond donors (Lipinski definition) is 0. The molecular weight excluding hydrogens is 423 g/mol. The molecule has 0 amide bonds. The van der Waals surface area contributed by atoms with Crippen LogP contribution < -0.4 is 4.74 Å². The maximum atomic E-state index is 12.7. The summed E-state index contributed by atoms with van der Waals surface area (Å²) in [5, 5.41) is 0.675. The molecule has 1 aliphatic rings. The van der Waals surface area contributed by atoms with Crippen LogP contribution in [-0.4, -0.2) is 18.5 Å². The van der Waals surface area contributed by atoms with Crippen molar-refractivity contribution >= 4 is 46.7 Å². The van der Waals surface area contributed by atoms with E-state index in [0.717, 1.165) is 32.1 Å². The summed E-state index contributed by atoms with van der Waals surface area (Å²) in [6, 6.07) is 2.92. The maximum absolute atomic E-state index is 12.7. The third kappa shape index (κ3) is 6.82. The van der Waals surface area contributed by atoms with Crippen LogP contribution in [-0.2, 0) is 14.3 Å². The van der Waals surface area contributed by atoms with E-state index in [4.69, 9.17) is 44.3 Å². The first-order chi connectivity index (χ1) is 13.4. The van der Waals surface area contributed by atoms with Crippen LogP contribution in [0.25, 0.3) is 0 Å². The van der Waals surface area contributed by atoms with Gasteiger partial charge in [0.1, 0.15) is 0 Å². The number of rotatable bonds is 9. The third-order valence-electron chi connectivity index (χ3n) is 5.03. The molecule has 0 aliphatic heterocycles. The minimum atomic E-state index is -0.552. The van der Waals surface area contributed by atoms with Crippen molar-refractivity contribution in [1.29, 1.82) is 0 Å². The summed E-state index contributed by atoms with van der Waals surface area (Å²) in [5.74, 6) is -1.78. The highest BCUT2D eigenvalue weighted by molar-refractivity contribution is 6.40. The van der Waals surface area contributed by atoms with E-state index in [9.17, 15) is 9.59 Å². The Balaban J connectivity index is 1.94. The van der Waals surface area contributed by atoms with Crippen LogP contribution in [0.4, 0.5) is 0 Å². The molecule has 1 fully saturated rings. The predicted octanol–water partition coefficient (Wildman–Crippen LogP) is 6.87. The second kappa shape index (κ2) is 11.9. The number of carbonyl (C=O) groups excluding carboxylic acids is 2. The molecule has 28 heavy (non-hydrogen) atoms. The molecule has 0 aromatic heterocycles. The molecule has 0 N–H and O–H groups in total. The molecule has 1 saturated carbocycles. The van der Waals surface area contributed by atoms with E-state index < -0.39 is 17.8 Å². The van der Waals surface area contributed by atoms with Gasteiger partial charge in [0.05, 0.1) is 28.5 Å². The van der Waals surface area contributed by atoms with Gasteiger partial charge in [-0.2, -0.15) is 0 Å². The Hall–Kier alpha value is -0.970. The minimum Gasteiger partial charge on any atom is -0.465 e. The van der Waals surface area contributed by atoms with Crippen molar-refractivity contribution < 1.29 is 19.1 Å². The first-order valence-electron chi connectivity index (χ1n) is 9.97. The Morgan fingerprint density at radius 1 is 0.929 bits per heavy atom. The van der Waals surface area contributed by atoms with E-state index in [1.165, 1.54) is 25.0 Å². The number of carbonyl (C=O) groups is 2. The van der Waals surface area contributed by atoms with Gasteiger partial charge in [0.25, 0.3) is 0 Å². The summed E-state index contributed by atoms with van der Waals surface area (Å²) in [5.41, 5.74) is 0. The largest absolute Gasteiger partial charge is 0.465 e. The van der Waals surface area contributed by atoms with Gasteiger partial charge in [-0.25, -0.2) is 0 Å². The summed E-state index contributed by atoms with van der Waals surface area (Å²) in [6.07, 6.45) is 8.37. The van der Waals surface area contributed by atoms with E-state index in [1.54, 1.807) is 0 Å². The second-order valence-corrected chi connectivity index (χ2v) is 8.45. The molecule has 7 heteroatoms. The van der Waals surface area contributed by atoms with Crippen molar-refractivity contribution in [3.8, 4) is 5.75 Å². The fourth-order valence-corrected chi connectivity index (χ4v) is 4.38. The van der Waals surface area contributed by atoms with E-state index in [0.29, 0.717) is 24.5 Å². The van der Waals surface area contributed by atoms with E-state index in [-0.39, 0.29) is 21.8 Å². The van der Waals surface area contributed by atoms with Crippen LogP contribution in [0.1, 0.15) is 64.7 Å². The number of benzene rings is 1. The molecule has 2 atom stereocenters. The molecule has 0 heterocycles. The van der Waals surface area contributed by atoms with Gasteiger partial charge >= 0.3 is 11.9 Å². The van der Waals surface area contributed by atoms with Crippen LogP contribution in [0.2, 0.25) is 15.1 Å². The van der Waals surface area contributed by atoms with E-state index in [2.05, 4.69) is 6.92 Å². The number of esters is 2. The summed E-state index contributed by atoms with van der Waals surface area (Å²) in [7, 11) is 0. The predicted molar refractivity (Wildman–Crippen MR) is 112 cm³/mol. The fraction of sp³-hybridized carbons (Fsp3) is 0.619. The smallest absolute Gasteiger partial charge is 0.315 e. The summed E-state index contributed by atoms with van der Waals surface area (Å²) in [6.45, 7) is 2.56. The van der Waals surface area contributed by atoms with Crippen molar-refractivity contribution in [2.24, 2.45) is 11.8 Å². The highest BCUT2D eigenvalue weighted by Crippen LogP contribution is 2.38. The summed E-state index contributed by atoms with van der Waals surface area (Å²) < 4.78 is 10.9. The van der Waals surface area contributed by atoms with E-state index >= 15 is 0 Å². The fourth-order valence-electron chi connectivity index (χ4n) is 3.48. The SMILES string of the molecule is CCCCCCCOC(=O)C1CCCCC1C(=O)Oc1c(Cl)cc(Cl)cc1Cl. The highest BCUT2D eigenvalue weighted by atomic mass is 35.5. The molecule has 0 saturated heterocycles. The lowest BCUT2D eigenvalue weighted by Crippen LogP contribution is -2.36. The van der Waals surface area contributed by atoms with Gasteiger partial charge in [-0.1, -0.05) is 80.3 Å². The molecule has 1 aromatic rings. The third-order valence-corrected chi connectivity index (χ3v) is 5.81. The first kappa shape index (κ1) is 23.3. The molecule has 156 valence electrons. The summed E-state index contributed by atoms with van der Waals surface area (Å²) >= 11 is 18.1. The molecule has 4 nitrogen and oxygen atoms in total. The van der Waals surface area contributed by atoms with Crippen molar-refractivity contribution in [2.45, 2.75) is 64.7 Å². The van der Waals surface area contributed by atoms with E-state index in [1.807, 2.05) is 0 Å². The minimum absolute atomic E-state index is 0.0753. The maximum Gasteiger partial charge on any atom is 0.315 e. The lowest BCUT2D eigenvalue weighted by molar-refractivity contribution is -0.158. The van der Waals surface area contributed by atoms with Crippen LogP contribution >= 0.6 is 34.8 Å². The number of hydrogen-bond acceptors (Lipinski definition) is 4. The zero-order chi connectivity index (χ0) is 20.5. The highest BCUT2D eigenvalue weighted by Gasteiger charge is 2.38. The van der Waals surface area contributed by atoms with Crippen molar-refractivity contribution in [1.82, 2.24) is 0 Å². The lowest BCUT2D eigenvalue weighted by atomic mass is 9.79. The topological polar surface area (TPSA) is 52.6 Å². The van der Waals surface area contributed by atoms with Gasteiger partial charge in [0.15, 0.2) is 5.75 Å². The molecule has 2 unspecified atom stereocenters. The Morgan fingerprint density at radius 3 is 2.11 bits per heavy atom. The monoisotopic (exact) mass is 448 g/mol. The standard InChI is InChI=1S/C21H27Cl3O4/c1-2-3-4-5-8-11-27-20(25)15-9-6-7-10-16(15)21(26)28-19-17(23)12-14(22)13-18(19)24/h12-13,15-16H,2-11H2,1H3. The van der Waals surface area contributed by atoms with Crippen LogP contribution in [0.3, 0.4) is 0 Å². The second-order valence-electron chi connectivity index (χ2n) is 7.20. The van der Waals surface area contributed by atoms with Gasteiger partial charge in [0, 0.05) is 5.02 Å². The van der Waals surface area contributed by atoms with Gasteiger partial charge in [0.2, 0.25) is 0 Å². The normalized spacial score (nSPS) is 19.3. The zero-order valence-corrected chi connectivity index (χ0v) is 18.4. The molecule has 0 spiro atoms. The number of ether oxygens (including phenoxy) is 2. The van der Waals surface area contributed by atoms with Crippen LogP contribution in [0.5, 0.6) is 5.75 Å². The van der Waals surface area contributed by atoms with Gasteiger partial charge < -0.3 is 9.47 Å². The Kier molecular flexibility index (Phi) is 9.90. The molecule has 1 aliphatic carbocycles. The Morgan fingerprint density at radius 2 is 1.50 bits per heavy atom. The average molecular weight is 450 g/mol. The van der Waals surface area contributed by atoms with Crippen molar-refractivity contribution in [3.63, 3.8) is 0 Å². The van der Waals surface area contributed by atoms with Crippen LogP contribution in [0, 0.1) is 11.8 Å². The quantitative estimate of drug-likeness (QED) is 0.234. The van der Waals surface area contributed by atoms with Crippen molar-refractivity contribution in [3.05, 3.63) is 27.2 Å². The Labute approximate surface area is 181 Å². The van der Waals surface area contributed by atoms with Gasteiger partial charge in [-0.05, 0) is 31.4 Å². The van der Waals surface area contributed by atoms with Gasteiger partial charge in [-0.3, -0.25) is 9.59 Å². The molecule has 0 bridgehead atoms. The van der Waals surface area contributed by atoms with Gasteiger partial charge in [-0.15, -0.1) is 0 Å². The Bertz CT molecular complexity index is 655. The summed E-state index contributed by atoms with van der Waals surface area (Å²) in [4.78, 5) is 25.3. The molecule has 1 aromatic carbocycles. The zero-order valence-electron chi connectivity index (χ0n) is 16.1. The first-order valence-corrected chi connectivity index (χ1v) is 11.1. The average Bonchev–Trinajstić information content (AvgIpc) is 2.67. The molecule has 2 rings (SSSR count).